The van der Waals surface area contributed by atoms with Crippen molar-refractivity contribution in [1.29, 1.82) is 0 Å². The minimum Gasteiger partial charge on any atom is -0.493 e. The first kappa shape index (κ1) is 16.8. The normalized spacial score (nSPS) is 38.5. The molecule has 3 aliphatic rings. The zero-order valence-electron chi connectivity index (χ0n) is 15.1. The van der Waals surface area contributed by atoms with E-state index in [1.807, 2.05) is 37.9 Å². The Morgan fingerprint density at radius 3 is 2.76 bits per heavy atom. The van der Waals surface area contributed by atoms with Crippen LogP contribution in [-0.4, -0.2) is 65.4 Å². The fourth-order valence-electron chi connectivity index (χ4n) is 5.23. The van der Waals surface area contributed by atoms with E-state index in [2.05, 4.69) is 0 Å². The lowest BCUT2D eigenvalue weighted by atomic mass is 9.51. The highest BCUT2D eigenvalue weighted by Gasteiger charge is 2.72. The molecule has 1 aliphatic heterocycles. The van der Waals surface area contributed by atoms with Gasteiger partial charge in [-0.15, -0.1) is 0 Å². The van der Waals surface area contributed by atoms with E-state index in [9.17, 15) is 15.0 Å². The van der Waals surface area contributed by atoms with E-state index in [1.54, 1.807) is 7.11 Å². The summed E-state index contributed by atoms with van der Waals surface area (Å²) in [6.45, 7) is 4.60. The summed E-state index contributed by atoms with van der Waals surface area (Å²) in [5.41, 5.74) is -0.626. The van der Waals surface area contributed by atoms with Crippen molar-refractivity contribution in [2.24, 2.45) is 0 Å². The molecule has 1 heterocycles. The predicted octanol–water partition coefficient (Wildman–Crippen LogP) is 0.655. The van der Waals surface area contributed by atoms with Crippen LogP contribution in [0.15, 0.2) is 12.1 Å². The molecule has 0 bridgehead atoms. The third kappa shape index (κ3) is 1.77. The monoisotopic (exact) mass is 347 g/mol. The van der Waals surface area contributed by atoms with Gasteiger partial charge in [-0.2, -0.15) is 0 Å². The Morgan fingerprint density at radius 1 is 1.40 bits per heavy atom. The zero-order chi connectivity index (χ0) is 18.1. The largest absolute Gasteiger partial charge is 0.493 e. The van der Waals surface area contributed by atoms with Crippen LogP contribution in [-0.2, 0) is 16.6 Å². The zero-order valence-corrected chi connectivity index (χ0v) is 15.1. The van der Waals surface area contributed by atoms with Gasteiger partial charge in [-0.25, -0.2) is 0 Å². The van der Waals surface area contributed by atoms with Gasteiger partial charge in [-0.05, 0) is 38.6 Å². The average Bonchev–Trinajstić information content (AvgIpc) is 2.93. The molecular weight excluding hydrogens is 322 g/mol. The number of nitrogens with zero attached hydrogens (tertiary/aromatic N) is 1. The molecule has 0 radical (unpaired) electrons. The summed E-state index contributed by atoms with van der Waals surface area (Å²) in [6, 6.07) is 3.53. The number of ether oxygens (including phenoxy) is 2. The molecule has 136 valence electrons. The van der Waals surface area contributed by atoms with E-state index in [0.717, 1.165) is 17.7 Å². The Balaban J connectivity index is 2.02. The minimum atomic E-state index is -1.47. The summed E-state index contributed by atoms with van der Waals surface area (Å²) < 4.78 is 11.5. The molecular formula is C19H25NO5. The molecule has 6 nitrogen and oxygen atoms in total. The SMILES string of the molecule is CCN(C)C1Cc2ccc(OC)c3c2[C@@]2(C)[C@@H](O3)C(=O)C[C@@H](O)[C@@]12O. The topological polar surface area (TPSA) is 79.2 Å². The van der Waals surface area contributed by atoms with Gasteiger partial charge in [0.2, 0.25) is 0 Å². The Bertz CT molecular complexity index is 750. The van der Waals surface area contributed by atoms with E-state index in [1.165, 1.54) is 0 Å². The van der Waals surface area contributed by atoms with Crippen molar-refractivity contribution in [3.63, 3.8) is 0 Å². The summed E-state index contributed by atoms with van der Waals surface area (Å²) in [6.07, 6.45) is -1.45. The van der Waals surface area contributed by atoms with Crippen LogP contribution in [0.2, 0.25) is 0 Å². The number of likely N-dealkylation sites (N-methyl/N-ethyl adjacent to an activating group) is 1. The summed E-state index contributed by atoms with van der Waals surface area (Å²) >= 11 is 0. The molecule has 6 heteroatoms. The smallest absolute Gasteiger partial charge is 0.177 e. The summed E-state index contributed by atoms with van der Waals surface area (Å²) in [7, 11) is 3.50. The molecule has 4 rings (SSSR count). The van der Waals surface area contributed by atoms with Crippen molar-refractivity contribution < 1.29 is 24.5 Å². The van der Waals surface area contributed by atoms with Gasteiger partial charge in [0.1, 0.15) is 5.60 Å². The van der Waals surface area contributed by atoms with Gasteiger partial charge in [0, 0.05) is 18.0 Å². The second kappa shape index (κ2) is 5.19. The molecule has 1 unspecified atom stereocenters. The van der Waals surface area contributed by atoms with Crippen molar-refractivity contribution in [1.82, 2.24) is 4.90 Å². The number of carbonyl (C=O) groups excluding carboxylic acids is 1. The van der Waals surface area contributed by atoms with Gasteiger partial charge < -0.3 is 24.6 Å². The molecule has 0 amide bonds. The third-order valence-corrected chi connectivity index (χ3v) is 6.69. The first-order chi connectivity index (χ1) is 11.8. The van der Waals surface area contributed by atoms with E-state index >= 15 is 0 Å². The lowest BCUT2D eigenvalue weighted by Crippen LogP contribution is -2.76. The summed E-state index contributed by atoms with van der Waals surface area (Å²) in [5, 5.41) is 22.7. The van der Waals surface area contributed by atoms with Gasteiger partial charge in [-0.1, -0.05) is 13.0 Å². The average molecular weight is 347 g/mol. The molecule has 5 atom stereocenters. The molecule has 2 aliphatic carbocycles. The van der Waals surface area contributed by atoms with Crippen LogP contribution in [0, 0.1) is 0 Å². The highest BCUT2D eigenvalue weighted by Crippen LogP contribution is 2.61. The number of aliphatic hydroxyl groups excluding tert-OH is 1. The van der Waals surface area contributed by atoms with Crippen LogP contribution in [0.1, 0.15) is 31.4 Å². The number of hydrogen-bond acceptors (Lipinski definition) is 6. The van der Waals surface area contributed by atoms with Crippen LogP contribution < -0.4 is 9.47 Å². The number of benzene rings is 1. The van der Waals surface area contributed by atoms with E-state index in [4.69, 9.17) is 9.47 Å². The lowest BCUT2D eigenvalue weighted by Gasteiger charge is -2.58. The molecule has 2 N–H and O–H groups in total. The number of ketones is 1. The van der Waals surface area contributed by atoms with Crippen LogP contribution in [0.3, 0.4) is 0 Å². The molecule has 0 aromatic heterocycles. The standard InChI is InChI=1S/C19H25NO5/c1-5-20(3)13-8-10-6-7-12(24-4)16-15(10)18(2)17(25-16)11(21)9-14(22)19(13,18)23/h6-7,13-14,17,22-23H,5,8-9H2,1-4H3/t13?,14-,17+,18+,19+/m1/s1. The molecule has 1 saturated carbocycles. The van der Waals surface area contributed by atoms with Gasteiger partial charge in [0.15, 0.2) is 23.4 Å². The second-order valence-corrected chi connectivity index (χ2v) is 7.64. The Hall–Kier alpha value is -1.63. The van der Waals surface area contributed by atoms with Gasteiger partial charge >= 0.3 is 0 Å². The number of Topliss-reactive ketones (excluding diaryl/α,β-unsaturated/α-hetero) is 1. The van der Waals surface area contributed by atoms with E-state index in [-0.39, 0.29) is 18.2 Å². The summed E-state index contributed by atoms with van der Waals surface area (Å²) in [4.78, 5) is 14.7. The van der Waals surface area contributed by atoms with Crippen molar-refractivity contribution >= 4 is 5.78 Å². The maximum Gasteiger partial charge on any atom is 0.177 e. The van der Waals surface area contributed by atoms with Crippen LogP contribution in [0.25, 0.3) is 0 Å². The van der Waals surface area contributed by atoms with Crippen LogP contribution in [0.5, 0.6) is 11.5 Å². The lowest BCUT2D eigenvalue weighted by molar-refractivity contribution is -0.204. The van der Waals surface area contributed by atoms with Gasteiger partial charge in [0.05, 0.1) is 18.6 Å². The van der Waals surface area contributed by atoms with Crippen molar-refractivity contribution in [2.45, 2.75) is 56.0 Å². The van der Waals surface area contributed by atoms with Gasteiger partial charge in [-0.3, -0.25) is 4.79 Å². The minimum absolute atomic E-state index is 0.101. The molecule has 1 aromatic carbocycles. The van der Waals surface area contributed by atoms with Crippen molar-refractivity contribution in [2.75, 3.05) is 20.7 Å². The Labute approximate surface area is 147 Å². The Morgan fingerprint density at radius 2 is 2.12 bits per heavy atom. The Kier molecular flexibility index (Phi) is 3.49. The second-order valence-electron chi connectivity index (χ2n) is 7.64. The molecule has 25 heavy (non-hydrogen) atoms. The highest BCUT2D eigenvalue weighted by atomic mass is 16.5. The third-order valence-electron chi connectivity index (χ3n) is 6.69. The number of rotatable bonds is 3. The molecule has 0 saturated heterocycles. The maximum absolute atomic E-state index is 12.7. The number of carbonyl (C=O) groups is 1. The summed E-state index contributed by atoms with van der Waals surface area (Å²) in [5.74, 6) is 0.913. The van der Waals surface area contributed by atoms with E-state index < -0.39 is 23.2 Å². The van der Waals surface area contributed by atoms with Crippen molar-refractivity contribution in [3.8, 4) is 11.5 Å². The van der Waals surface area contributed by atoms with Crippen LogP contribution in [0.4, 0.5) is 0 Å². The van der Waals surface area contributed by atoms with Crippen LogP contribution >= 0.6 is 0 Å². The predicted molar refractivity (Wildman–Crippen MR) is 91.1 cm³/mol. The van der Waals surface area contributed by atoms with E-state index in [0.29, 0.717) is 17.9 Å². The van der Waals surface area contributed by atoms with Crippen molar-refractivity contribution in [3.05, 3.63) is 23.3 Å². The first-order valence-electron chi connectivity index (χ1n) is 8.81. The number of methoxy groups -OCH3 is 1. The first-order valence-corrected chi connectivity index (χ1v) is 8.81. The highest BCUT2D eigenvalue weighted by molar-refractivity contribution is 5.90. The fourth-order valence-corrected chi connectivity index (χ4v) is 5.23. The molecule has 1 fully saturated rings. The maximum atomic E-state index is 12.7. The molecule has 0 spiro atoms. The fraction of sp³-hybridized carbons (Fsp3) is 0.632. The number of aliphatic hydroxyl groups is 2. The number of hydrogen-bond donors (Lipinski definition) is 2. The van der Waals surface area contributed by atoms with Gasteiger partial charge in [0.25, 0.3) is 0 Å². The molecule has 1 aromatic rings. The quantitative estimate of drug-likeness (QED) is 0.836.